The molecule has 2 aliphatic rings. The van der Waals surface area contributed by atoms with Crippen LogP contribution in [0.15, 0.2) is 48.8 Å². The highest BCUT2D eigenvalue weighted by Gasteiger charge is 2.27. The SMILES string of the molecule is COc1cc(OC)cc(C(=O)Nc2cnc(Nc3ccc(N4CCC(N5CCN(C)CC5)CC4)c(OC)c3)nc2)c1. The minimum absolute atomic E-state index is 0.320. The predicted molar refractivity (Wildman–Crippen MR) is 160 cm³/mol. The van der Waals surface area contributed by atoms with E-state index in [0.29, 0.717) is 34.7 Å². The molecule has 0 spiro atoms. The van der Waals surface area contributed by atoms with E-state index >= 15 is 0 Å². The van der Waals surface area contributed by atoms with E-state index in [1.807, 2.05) is 12.1 Å². The van der Waals surface area contributed by atoms with Crippen molar-refractivity contribution in [3.05, 3.63) is 54.4 Å². The van der Waals surface area contributed by atoms with Crippen LogP contribution in [-0.4, -0.2) is 99.4 Å². The Labute approximate surface area is 241 Å². The van der Waals surface area contributed by atoms with Gasteiger partial charge < -0.3 is 34.6 Å². The molecular weight excluding hydrogens is 522 g/mol. The van der Waals surface area contributed by atoms with E-state index in [1.54, 1.807) is 37.7 Å². The van der Waals surface area contributed by atoms with Crippen molar-refractivity contribution in [2.75, 3.05) is 83.2 Å². The molecule has 3 aromatic rings. The summed E-state index contributed by atoms with van der Waals surface area (Å²) in [6.07, 6.45) is 5.44. The third kappa shape index (κ3) is 6.98. The Balaban J connectivity index is 1.18. The van der Waals surface area contributed by atoms with Crippen molar-refractivity contribution in [2.45, 2.75) is 18.9 Å². The second kappa shape index (κ2) is 13.0. The van der Waals surface area contributed by atoms with Crippen molar-refractivity contribution in [3.63, 3.8) is 0 Å². The van der Waals surface area contributed by atoms with Crippen molar-refractivity contribution >= 4 is 28.9 Å². The van der Waals surface area contributed by atoms with Crippen LogP contribution in [0.5, 0.6) is 17.2 Å². The molecule has 1 aromatic heterocycles. The number of likely N-dealkylation sites (N-methyl/N-ethyl adjacent to an activating group) is 1. The first kappa shape index (κ1) is 28.4. The van der Waals surface area contributed by atoms with E-state index < -0.39 is 0 Å². The minimum atomic E-state index is -0.320. The summed E-state index contributed by atoms with van der Waals surface area (Å²) in [4.78, 5) is 29.0. The molecule has 2 saturated heterocycles. The zero-order valence-corrected chi connectivity index (χ0v) is 24.2. The summed E-state index contributed by atoms with van der Waals surface area (Å²) in [5.74, 6) is 1.96. The molecule has 41 heavy (non-hydrogen) atoms. The third-order valence-corrected chi connectivity index (χ3v) is 7.82. The van der Waals surface area contributed by atoms with Gasteiger partial charge in [0.05, 0.1) is 45.1 Å². The molecule has 5 rings (SSSR count). The van der Waals surface area contributed by atoms with Crippen LogP contribution < -0.4 is 29.7 Å². The lowest BCUT2D eigenvalue weighted by atomic mass is 10.0. The van der Waals surface area contributed by atoms with Gasteiger partial charge in [0, 0.05) is 68.7 Å². The van der Waals surface area contributed by atoms with Gasteiger partial charge in [-0.2, -0.15) is 0 Å². The molecule has 2 aromatic carbocycles. The van der Waals surface area contributed by atoms with Crippen LogP contribution >= 0.6 is 0 Å². The number of rotatable bonds is 9. The van der Waals surface area contributed by atoms with Gasteiger partial charge in [-0.05, 0) is 44.2 Å². The largest absolute Gasteiger partial charge is 0.497 e. The van der Waals surface area contributed by atoms with Crippen molar-refractivity contribution in [1.82, 2.24) is 19.8 Å². The lowest BCUT2D eigenvalue weighted by Gasteiger charge is -2.42. The molecule has 11 heteroatoms. The topological polar surface area (TPSA) is 104 Å². The van der Waals surface area contributed by atoms with Crippen LogP contribution in [0.25, 0.3) is 0 Å². The fourth-order valence-corrected chi connectivity index (χ4v) is 5.40. The number of nitrogens with one attached hydrogen (secondary N) is 2. The highest BCUT2D eigenvalue weighted by atomic mass is 16.5. The molecule has 0 unspecified atom stereocenters. The number of anilines is 4. The molecule has 218 valence electrons. The van der Waals surface area contributed by atoms with E-state index in [1.165, 1.54) is 14.2 Å². The second-order valence-electron chi connectivity index (χ2n) is 10.4. The molecule has 2 N–H and O–H groups in total. The number of carbonyl (C=O) groups excluding carboxylic acids is 1. The average molecular weight is 562 g/mol. The highest BCUT2D eigenvalue weighted by Crippen LogP contribution is 2.34. The Morgan fingerprint density at radius 1 is 0.829 bits per heavy atom. The Morgan fingerprint density at radius 2 is 1.49 bits per heavy atom. The number of nitrogens with zero attached hydrogens (tertiary/aromatic N) is 5. The number of piperidine rings is 1. The van der Waals surface area contributed by atoms with Crippen LogP contribution in [-0.2, 0) is 0 Å². The van der Waals surface area contributed by atoms with Crippen LogP contribution in [0, 0.1) is 0 Å². The maximum Gasteiger partial charge on any atom is 0.256 e. The summed E-state index contributed by atoms with van der Waals surface area (Å²) in [7, 11) is 6.98. The first-order valence-corrected chi connectivity index (χ1v) is 13.9. The van der Waals surface area contributed by atoms with E-state index in [9.17, 15) is 4.79 Å². The van der Waals surface area contributed by atoms with E-state index in [4.69, 9.17) is 14.2 Å². The third-order valence-electron chi connectivity index (χ3n) is 7.82. The number of benzene rings is 2. The molecule has 2 fully saturated rings. The number of aromatic nitrogens is 2. The lowest BCUT2D eigenvalue weighted by molar-refractivity contribution is 0.0981. The van der Waals surface area contributed by atoms with Crippen LogP contribution in [0.1, 0.15) is 23.2 Å². The number of ether oxygens (including phenoxy) is 3. The van der Waals surface area contributed by atoms with Crippen molar-refractivity contribution < 1.29 is 19.0 Å². The maximum absolute atomic E-state index is 12.8. The standard InChI is InChI=1S/C30H39N7O4/c1-35-11-13-36(14-12-35)24-7-9-37(10-8-24)27-6-5-22(17-28(27)41-4)34-30-31-19-23(20-32-30)33-29(38)21-15-25(39-2)18-26(16-21)40-3/h5-6,15-20,24H,7-14H2,1-4H3,(H,33,38)(H,31,32,34). The molecule has 0 radical (unpaired) electrons. The fraction of sp³-hybridized carbons (Fsp3) is 0.433. The monoisotopic (exact) mass is 561 g/mol. The molecule has 2 aliphatic heterocycles. The fourth-order valence-electron chi connectivity index (χ4n) is 5.40. The molecule has 0 atom stereocenters. The van der Waals surface area contributed by atoms with Gasteiger partial charge in [0.2, 0.25) is 5.95 Å². The Hall–Kier alpha value is -4.09. The van der Waals surface area contributed by atoms with Gasteiger partial charge in [-0.15, -0.1) is 0 Å². The van der Waals surface area contributed by atoms with E-state index in [-0.39, 0.29) is 5.91 Å². The molecule has 1 amide bonds. The predicted octanol–water partition coefficient (Wildman–Crippen LogP) is 3.71. The van der Waals surface area contributed by atoms with Gasteiger partial charge >= 0.3 is 0 Å². The Kier molecular flexibility index (Phi) is 9.05. The number of methoxy groups -OCH3 is 3. The Morgan fingerprint density at radius 3 is 2.10 bits per heavy atom. The van der Waals surface area contributed by atoms with Gasteiger partial charge in [-0.3, -0.25) is 9.69 Å². The first-order valence-electron chi connectivity index (χ1n) is 13.9. The summed E-state index contributed by atoms with van der Waals surface area (Å²) in [6.45, 7) is 6.67. The second-order valence-corrected chi connectivity index (χ2v) is 10.4. The number of carbonyl (C=O) groups is 1. The summed E-state index contributed by atoms with van der Waals surface area (Å²) in [5.41, 5.74) is 2.79. The summed E-state index contributed by atoms with van der Waals surface area (Å²) < 4.78 is 16.3. The van der Waals surface area contributed by atoms with Gasteiger partial charge in [0.1, 0.15) is 17.2 Å². The molecule has 3 heterocycles. The first-order chi connectivity index (χ1) is 19.9. The lowest BCUT2D eigenvalue weighted by Crippen LogP contribution is -2.52. The van der Waals surface area contributed by atoms with Gasteiger partial charge in [-0.25, -0.2) is 9.97 Å². The summed E-state index contributed by atoms with van der Waals surface area (Å²) in [5, 5.41) is 6.03. The zero-order valence-electron chi connectivity index (χ0n) is 24.2. The number of piperazine rings is 1. The quantitative estimate of drug-likeness (QED) is 0.402. The summed E-state index contributed by atoms with van der Waals surface area (Å²) >= 11 is 0. The molecule has 11 nitrogen and oxygen atoms in total. The van der Waals surface area contributed by atoms with Crippen molar-refractivity contribution in [1.29, 1.82) is 0 Å². The van der Waals surface area contributed by atoms with Crippen LogP contribution in [0.3, 0.4) is 0 Å². The molecule has 0 saturated carbocycles. The van der Waals surface area contributed by atoms with Gasteiger partial charge in [0.15, 0.2) is 0 Å². The van der Waals surface area contributed by atoms with Gasteiger partial charge in [0.25, 0.3) is 5.91 Å². The maximum atomic E-state index is 12.8. The van der Waals surface area contributed by atoms with Crippen molar-refractivity contribution in [3.8, 4) is 17.2 Å². The Bertz CT molecular complexity index is 1300. The zero-order chi connectivity index (χ0) is 28.8. The number of hydrogen-bond donors (Lipinski definition) is 2. The number of amides is 1. The van der Waals surface area contributed by atoms with Crippen LogP contribution in [0.4, 0.5) is 23.0 Å². The molecule has 0 aliphatic carbocycles. The van der Waals surface area contributed by atoms with E-state index in [2.05, 4.69) is 48.4 Å². The number of hydrogen-bond acceptors (Lipinski definition) is 10. The smallest absolute Gasteiger partial charge is 0.256 e. The highest BCUT2D eigenvalue weighted by molar-refractivity contribution is 6.04. The van der Waals surface area contributed by atoms with E-state index in [0.717, 1.165) is 69.2 Å². The van der Waals surface area contributed by atoms with Gasteiger partial charge in [-0.1, -0.05) is 0 Å². The summed E-state index contributed by atoms with van der Waals surface area (Å²) in [6, 6.07) is 11.7. The minimum Gasteiger partial charge on any atom is -0.497 e. The molecular formula is C30H39N7O4. The van der Waals surface area contributed by atoms with Crippen LogP contribution in [0.2, 0.25) is 0 Å². The molecule has 0 bridgehead atoms. The normalized spacial score (nSPS) is 16.7. The van der Waals surface area contributed by atoms with Crippen molar-refractivity contribution in [2.24, 2.45) is 0 Å². The average Bonchev–Trinajstić information content (AvgIpc) is 3.02.